The van der Waals surface area contributed by atoms with Crippen LogP contribution in [0.25, 0.3) is 0 Å². The summed E-state index contributed by atoms with van der Waals surface area (Å²) in [6.45, 7) is 0.351. The van der Waals surface area contributed by atoms with Gasteiger partial charge in [-0.2, -0.15) is 25.8 Å². The molecule has 2 aromatic carbocycles. The lowest BCUT2D eigenvalue weighted by Crippen LogP contribution is -2.60. The van der Waals surface area contributed by atoms with Crippen LogP contribution in [-0.4, -0.2) is 41.1 Å². The van der Waals surface area contributed by atoms with Crippen LogP contribution >= 0.6 is 35.8 Å². The first-order valence-electron chi connectivity index (χ1n) is 9.50. The number of nitrogens with zero attached hydrogens (tertiary/aromatic N) is 1. The van der Waals surface area contributed by atoms with E-state index in [1.807, 2.05) is 0 Å². The van der Waals surface area contributed by atoms with Crippen LogP contribution in [0, 0.1) is 5.82 Å². The molecule has 1 saturated heterocycles. The van der Waals surface area contributed by atoms with E-state index in [1.54, 1.807) is 6.07 Å². The second-order valence-electron chi connectivity index (χ2n) is 8.01. The number of carbonyl (C=O) groups is 2. The van der Waals surface area contributed by atoms with Crippen molar-refractivity contribution in [2.24, 2.45) is 0 Å². The van der Waals surface area contributed by atoms with Crippen LogP contribution in [0.3, 0.4) is 0 Å². The van der Waals surface area contributed by atoms with Crippen LogP contribution in [0.2, 0.25) is 10.0 Å². The number of carboxylic acid groups (broad SMARTS) is 1. The number of thiol groups is 1. The normalized spacial score (nSPS) is 18.6. The third-order valence-corrected chi connectivity index (χ3v) is 7.15. The minimum atomic E-state index is -4.99. The monoisotopic (exact) mass is 523 g/mol. The fraction of sp³-hybridized carbons (Fsp3) is 0.333. The van der Waals surface area contributed by atoms with Crippen molar-refractivity contribution in [3.8, 4) is 0 Å². The summed E-state index contributed by atoms with van der Waals surface area (Å²) in [4.78, 5) is 25.1. The Morgan fingerprint density at radius 2 is 1.76 bits per heavy atom. The van der Waals surface area contributed by atoms with Gasteiger partial charge in [0.15, 0.2) is 11.6 Å². The third-order valence-electron chi connectivity index (χ3n) is 5.93. The van der Waals surface area contributed by atoms with Crippen molar-refractivity contribution in [2.45, 2.75) is 29.6 Å². The number of halogens is 6. The van der Waals surface area contributed by atoms with E-state index in [9.17, 15) is 27.2 Å². The number of ether oxygens (including phenoxy) is 1. The Morgan fingerprint density at radius 3 is 2.30 bits per heavy atom. The zero-order valence-corrected chi connectivity index (χ0v) is 19.0. The van der Waals surface area contributed by atoms with Gasteiger partial charge in [-0.15, -0.1) is 0 Å². The van der Waals surface area contributed by atoms with Crippen molar-refractivity contribution >= 4 is 47.7 Å². The Morgan fingerprint density at radius 1 is 1.15 bits per heavy atom. The van der Waals surface area contributed by atoms with E-state index >= 15 is 0 Å². The molecule has 1 amide bonds. The molecule has 0 radical (unpaired) electrons. The first kappa shape index (κ1) is 24.1. The van der Waals surface area contributed by atoms with Crippen LogP contribution in [0.4, 0.5) is 22.4 Å². The molecule has 1 N–H and O–H groups in total. The predicted octanol–water partition coefficient (Wildman–Crippen LogP) is 5.81. The van der Waals surface area contributed by atoms with Crippen LogP contribution < -0.4 is 0 Å². The van der Waals surface area contributed by atoms with Crippen molar-refractivity contribution in [3.05, 3.63) is 68.4 Å². The number of ketones is 1. The van der Waals surface area contributed by atoms with Gasteiger partial charge in [-0.1, -0.05) is 35.3 Å². The highest BCUT2D eigenvalue weighted by Crippen LogP contribution is 2.49. The molecule has 2 aliphatic rings. The number of rotatable bonds is 4. The highest BCUT2D eigenvalue weighted by molar-refractivity contribution is 7.81. The van der Waals surface area contributed by atoms with E-state index in [0.29, 0.717) is 11.1 Å². The average molecular weight is 524 g/mol. The highest BCUT2D eigenvalue weighted by Gasteiger charge is 2.55. The van der Waals surface area contributed by atoms with E-state index in [1.165, 1.54) is 17.0 Å². The van der Waals surface area contributed by atoms with Crippen LogP contribution in [0.5, 0.6) is 0 Å². The average Bonchev–Trinajstić information content (AvgIpc) is 3.08. The predicted molar refractivity (Wildman–Crippen MR) is 115 cm³/mol. The number of fused-ring (bicyclic) bond motifs is 2. The number of amides is 1. The molecular formula is C21H15Cl2F4NO4S. The lowest BCUT2D eigenvalue weighted by Gasteiger charge is -2.45. The summed E-state index contributed by atoms with van der Waals surface area (Å²) in [6, 6.07) is 5.87. The van der Waals surface area contributed by atoms with E-state index < -0.39 is 56.2 Å². The number of hydrogen-bond donors (Lipinski definition) is 2. The largest absolute Gasteiger partial charge is 0.465 e. The molecule has 12 heteroatoms. The fourth-order valence-corrected chi connectivity index (χ4v) is 4.85. The number of benzene rings is 2. The van der Waals surface area contributed by atoms with Gasteiger partial charge in [0, 0.05) is 12.0 Å². The first-order valence-corrected chi connectivity index (χ1v) is 10.7. The van der Waals surface area contributed by atoms with Crippen LogP contribution in [0.15, 0.2) is 30.3 Å². The van der Waals surface area contributed by atoms with Gasteiger partial charge in [-0.05, 0) is 34.9 Å². The topological polar surface area (TPSA) is 66.8 Å². The second kappa shape index (κ2) is 8.04. The molecule has 2 aromatic rings. The van der Waals surface area contributed by atoms with Gasteiger partial charge in [0.25, 0.3) is 0 Å². The maximum Gasteiger partial charge on any atom is 0.407 e. The smallest absolute Gasteiger partial charge is 0.407 e. The first-order chi connectivity index (χ1) is 15.3. The van der Waals surface area contributed by atoms with Gasteiger partial charge in [0.2, 0.25) is 0 Å². The summed E-state index contributed by atoms with van der Waals surface area (Å²) in [5.41, 5.74) is -0.0754. The highest BCUT2D eigenvalue weighted by atomic mass is 35.5. The van der Waals surface area contributed by atoms with Gasteiger partial charge in [-0.25, -0.2) is 9.18 Å². The standard InChI is InChI=1S/C21H15Cl2F4NO4S/c22-14-4-12(5-15(23)17(14)24)20(33,21(25,26)27)6-16(29)10-1-2-13-11(3-10)7-32-19(13)8-28(9-19)18(30)31/h1-5,33H,6-9H2,(H,30,31). The summed E-state index contributed by atoms with van der Waals surface area (Å²) in [5.74, 6) is -1.93. The third kappa shape index (κ3) is 3.96. The maximum atomic E-state index is 14.0. The maximum absolute atomic E-state index is 14.0. The van der Waals surface area contributed by atoms with Crippen LogP contribution in [0.1, 0.15) is 33.5 Å². The lowest BCUT2D eigenvalue weighted by atomic mass is 9.84. The van der Waals surface area contributed by atoms with E-state index in [-0.39, 0.29) is 25.3 Å². The molecule has 33 heavy (non-hydrogen) atoms. The molecule has 0 bridgehead atoms. The molecule has 4 rings (SSSR count). The molecule has 2 heterocycles. The summed E-state index contributed by atoms with van der Waals surface area (Å²) in [5, 5.41) is 7.80. The Kier molecular flexibility index (Phi) is 5.88. The van der Waals surface area contributed by atoms with E-state index in [0.717, 1.165) is 12.1 Å². The number of Topliss-reactive ketones (excluding diaryl/α,β-unsaturated/α-hetero) is 1. The molecule has 1 fully saturated rings. The number of alkyl halides is 3. The zero-order valence-electron chi connectivity index (χ0n) is 16.5. The van der Waals surface area contributed by atoms with E-state index in [4.69, 9.17) is 33.0 Å². The Hall–Kier alpha value is -2.01. The summed E-state index contributed by atoms with van der Waals surface area (Å²) in [7, 11) is 0. The van der Waals surface area contributed by atoms with Crippen molar-refractivity contribution in [1.82, 2.24) is 4.90 Å². The number of hydrogen-bond acceptors (Lipinski definition) is 4. The van der Waals surface area contributed by atoms with E-state index in [2.05, 4.69) is 12.6 Å². The SMILES string of the molecule is O=C(CC(S)(c1cc(Cl)c(F)c(Cl)c1)C(F)(F)F)c1ccc2c(c1)COC21CN(C(=O)O)C1. The summed E-state index contributed by atoms with van der Waals surface area (Å²) >= 11 is 15.1. The van der Waals surface area contributed by atoms with Gasteiger partial charge in [-0.3, -0.25) is 4.79 Å². The van der Waals surface area contributed by atoms with Gasteiger partial charge in [0.1, 0.15) is 10.3 Å². The Labute approximate surface area is 200 Å². The lowest BCUT2D eigenvalue weighted by molar-refractivity contribution is -0.160. The second-order valence-corrected chi connectivity index (χ2v) is 9.58. The molecule has 0 aromatic heterocycles. The minimum Gasteiger partial charge on any atom is -0.465 e. The fourth-order valence-electron chi connectivity index (χ4n) is 4.09. The van der Waals surface area contributed by atoms with Crippen LogP contribution in [-0.2, 0) is 21.7 Å². The molecule has 176 valence electrons. The Bertz CT molecular complexity index is 1150. The quantitative estimate of drug-likeness (QED) is 0.229. The molecule has 5 nitrogen and oxygen atoms in total. The van der Waals surface area contributed by atoms with Gasteiger partial charge < -0.3 is 14.7 Å². The summed E-state index contributed by atoms with van der Waals surface area (Å²) in [6.07, 6.45) is -7.16. The van der Waals surface area contributed by atoms with Crippen molar-refractivity contribution in [1.29, 1.82) is 0 Å². The van der Waals surface area contributed by atoms with Gasteiger partial charge >= 0.3 is 12.3 Å². The Balaban J connectivity index is 1.62. The molecule has 2 aliphatic heterocycles. The molecule has 0 aliphatic carbocycles. The zero-order chi connectivity index (χ0) is 24.3. The van der Waals surface area contributed by atoms with Gasteiger partial charge in [0.05, 0.1) is 29.7 Å². The number of likely N-dealkylation sites (tertiary alicyclic amines) is 1. The van der Waals surface area contributed by atoms with Crippen molar-refractivity contribution in [2.75, 3.05) is 13.1 Å². The van der Waals surface area contributed by atoms with Crippen molar-refractivity contribution < 1.29 is 37.0 Å². The number of carbonyl (C=O) groups excluding carboxylic acids is 1. The molecule has 1 atom stereocenters. The molecule has 0 saturated carbocycles. The molecule has 1 unspecified atom stereocenters. The summed E-state index contributed by atoms with van der Waals surface area (Å²) < 4.78 is 58.6. The minimum absolute atomic E-state index is 0.00537. The molecular weight excluding hydrogens is 509 g/mol. The molecule has 1 spiro atoms. The van der Waals surface area contributed by atoms with Crippen molar-refractivity contribution in [3.63, 3.8) is 0 Å².